The summed E-state index contributed by atoms with van der Waals surface area (Å²) in [6, 6.07) is 0. The van der Waals surface area contributed by atoms with Crippen LogP contribution in [-0.4, -0.2) is 67.5 Å². The van der Waals surface area contributed by atoms with Gasteiger partial charge in [-0.1, -0.05) is 96.8 Å². The van der Waals surface area contributed by atoms with E-state index < -0.39 is 17.8 Å². The van der Waals surface area contributed by atoms with Crippen molar-refractivity contribution >= 4 is 11.9 Å². The lowest BCUT2D eigenvalue weighted by Gasteiger charge is -2.32. The van der Waals surface area contributed by atoms with Gasteiger partial charge in [-0.2, -0.15) is 0 Å². The van der Waals surface area contributed by atoms with Crippen molar-refractivity contribution in [1.29, 1.82) is 0 Å². The molecule has 0 aromatic carbocycles. The SMILES string of the molecule is CCCCCCCCCCCCCCCCCC(=O)OC(NCCO)(NCCO)C(=O)OCCN.N. The van der Waals surface area contributed by atoms with Crippen molar-refractivity contribution in [2.24, 2.45) is 5.73 Å². The third-order valence-corrected chi connectivity index (χ3v) is 5.86. The van der Waals surface area contributed by atoms with Crippen LogP contribution >= 0.6 is 0 Å². The lowest BCUT2D eigenvalue weighted by atomic mass is 10.0. The van der Waals surface area contributed by atoms with Crippen LogP contribution in [-0.2, 0) is 19.1 Å². The lowest BCUT2D eigenvalue weighted by Crippen LogP contribution is -2.66. The zero-order valence-corrected chi connectivity index (χ0v) is 22.9. The molecule has 10 heteroatoms. The van der Waals surface area contributed by atoms with E-state index in [-0.39, 0.29) is 52.0 Å². The first-order chi connectivity index (χ1) is 17.1. The van der Waals surface area contributed by atoms with Crippen LogP contribution in [0, 0.1) is 0 Å². The molecule has 0 atom stereocenters. The standard InChI is InChI=1S/C26H53N3O6.H3N/c1-2-3-4-5-6-7-8-9-10-11-12-13-14-15-16-17-24(32)35-26(28-19-21-30,29-20-22-31)25(33)34-23-18-27;/h28-31H,2-23,27H2,1H3;1H3. The molecule has 0 heterocycles. The van der Waals surface area contributed by atoms with E-state index >= 15 is 0 Å². The number of carbonyl (C=O) groups is 2. The quantitative estimate of drug-likeness (QED) is 0.0563. The van der Waals surface area contributed by atoms with Gasteiger partial charge in [-0.25, -0.2) is 4.79 Å². The summed E-state index contributed by atoms with van der Waals surface area (Å²) in [4.78, 5) is 25.0. The van der Waals surface area contributed by atoms with Gasteiger partial charge in [0.15, 0.2) is 0 Å². The molecule has 0 aliphatic carbocycles. The molecule has 0 saturated heterocycles. The van der Waals surface area contributed by atoms with Gasteiger partial charge >= 0.3 is 17.8 Å². The topological polar surface area (TPSA) is 178 Å². The summed E-state index contributed by atoms with van der Waals surface area (Å²) >= 11 is 0. The third kappa shape index (κ3) is 19.8. The fraction of sp³-hybridized carbons (Fsp3) is 0.923. The van der Waals surface area contributed by atoms with Crippen LogP contribution in [0.1, 0.15) is 110 Å². The first kappa shape index (κ1) is 36.9. The molecular formula is C26H56N4O6. The zero-order chi connectivity index (χ0) is 26.0. The second kappa shape index (κ2) is 26.8. The number of unbranched alkanes of at least 4 members (excludes halogenated alkanes) is 14. The van der Waals surface area contributed by atoms with E-state index in [0.717, 1.165) is 19.3 Å². The molecular weight excluding hydrogens is 464 g/mol. The van der Waals surface area contributed by atoms with Gasteiger partial charge in [0.1, 0.15) is 6.61 Å². The molecule has 36 heavy (non-hydrogen) atoms. The summed E-state index contributed by atoms with van der Waals surface area (Å²) < 4.78 is 10.5. The Morgan fingerprint density at radius 2 is 1.17 bits per heavy atom. The number of ether oxygens (including phenoxy) is 2. The maximum absolute atomic E-state index is 12.5. The largest absolute Gasteiger partial charge is 0.459 e. The highest BCUT2D eigenvalue weighted by Crippen LogP contribution is 2.15. The van der Waals surface area contributed by atoms with Crippen LogP contribution in [0.5, 0.6) is 0 Å². The summed E-state index contributed by atoms with van der Waals surface area (Å²) in [7, 11) is 0. The Hall–Kier alpha value is -1.30. The van der Waals surface area contributed by atoms with E-state index in [9.17, 15) is 9.59 Å². The number of hydrogen-bond donors (Lipinski definition) is 6. The van der Waals surface area contributed by atoms with Crippen LogP contribution < -0.4 is 22.5 Å². The molecule has 0 amide bonds. The average molecular weight is 521 g/mol. The number of nitrogens with two attached hydrogens (primary N) is 1. The van der Waals surface area contributed by atoms with Crippen LogP contribution in [0.2, 0.25) is 0 Å². The Bertz CT molecular complexity index is 503. The number of nitrogens with one attached hydrogen (secondary N) is 2. The molecule has 0 aromatic heterocycles. The Morgan fingerprint density at radius 1 is 0.750 bits per heavy atom. The van der Waals surface area contributed by atoms with Gasteiger partial charge in [-0.05, 0) is 6.42 Å². The first-order valence-electron chi connectivity index (χ1n) is 13.9. The Balaban J connectivity index is 0. The Kier molecular flexibility index (Phi) is 27.4. The molecule has 0 bridgehead atoms. The van der Waals surface area contributed by atoms with Gasteiger partial charge in [0.05, 0.1) is 13.2 Å². The minimum atomic E-state index is -1.97. The minimum Gasteiger partial charge on any atom is -0.459 e. The fourth-order valence-electron chi connectivity index (χ4n) is 3.90. The van der Waals surface area contributed by atoms with Crippen molar-refractivity contribution in [2.45, 2.75) is 116 Å². The summed E-state index contributed by atoms with van der Waals surface area (Å²) in [5, 5.41) is 23.7. The normalized spacial score (nSPS) is 11.2. The molecule has 0 aromatic rings. The second-order valence-corrected chi connectivity index (χ2v) is 9.08. The van der Waals surface area contributed by atoms with E-state index in [1.807, 2.05) is 0 Å². The molecule has 0 spiro atoms. The van der Waals surface area contributed by atoms with Gasteiger partial charge in [0.25, 0.3) is 0 Å². The second-order valence-electron chi connectivity index (χ2n) is 9.08. The van der Waals surface area contributed by atoms with Crippen molar-refractivity contribution in [3.8, 4) is 0 Å². The number of hydrogen-bond acceptors (Lipinski definition) is 10. The van der Waals surface area contributed by atoms with E-state index in [1.54, 1.807) is 0 Å². The molecule has 10 nitrogen and oxygen atoms in total. The van der Waals surface area contributed by atoms with Gasteiger partial charge in [0.2, 0.25) is 0 Å². The predicted octanol–water partition coefficient (Wildman–Crippen LogP) is 3.27. The van der Waals surface area contributed by atoms with Crippen molar-refractivity contribution in [1.82, 2.24) is 16.8 Å². The van der Waals surface area contributed by atoms with Crippen LogP contribution in [0.25, 0.3) is 0 Å². The van der Waals surface area contributed by atoms with E-state index in [0.29, 0.717) is 6.42 Å². The molecule has 216 valence electrons. The number of carbonyl (C=O) groups excluding carboxylic acids is 2. The summed E-state index contributed by atoms with van der Waals surface area (Å²) in [5.41, 5.74) is 5.39. The van der Waals surface area contributed by atoms with Gasteiger partial charge in [-0.3, -0.25) is 15.4 Å². The maximum atomic E-state index is 12.5. The highest BCUT2D eigenvalue weighted by Gasteiger charge is 2.43. The van der Waals surface area contributed by atoms with Crippen molar-refractivity contribution in [3.63, 3.8) is 0 Å². The van der Waals surface area contributed by atoms with Crippen LogP contribution in [0.4, 0.5) is 0 Å². The van der Waals surface area contributed by atoms with Crippen molar-refractivity contribution < 1.29 is 29.3 Å². The molecule has 0 aliphatic heterocycles. The van der Waals surface area contributed by atoms with Crippen LogP contribution in [0.3, 0.4) is 0 Å². The van der Waals surface area contributed by atoms with Gasteiger partial charge in [-0.15, -0.1) is 0 Å². The highest BCUT2D eigenvalue weighted by molar-refractivity contribution is 5.82. The molecule has 0 rings (SSSR count). The summed E-state index contributed by atoms with van der Waals surface area (Å²) in [6.07, 6.45) is 18.7. The van der Waals surface area contributed by atoms with Crippen LogP contribution in [0.15, 0.2) is 0 Å². The molecule has 0 aliphatic rings. The molecule has 0 fully saturated rings. The van der Waals surface area contributed by atoms with E-state index in [1.165, 1.54) is 70.6 Å². The molecule has 0 saturated carbocycles. The molecule has 9 N–H and O–H groups in total. The van der Waals surface area contributed by atoms with Crippen molar-refractivity contribution in [3.05, 3.63) is 0 Å². The number of aliphatic hydroxyl groups is 2. The Labute approximate surface area is 219 Å². The third-order valence-electron chi connectivity index (χ3n) is 5.86. The predicted molar refractivity (Wildman–Crippen MR) is 144 cm³/mol. The molecule has 0 unspecified atom stereocenters. The molecule has 0 radical (unpaired) electrons. The number of esters is 2. The first-order valence-corrected chi connectivity index (χ1v) is 13.9. The fourth-order valence-corrected chi connectivity index (χ4v) is 3.90. The summed E-state index contributed by atoms with van der Waals surface area (Å²) in [5.74, 6) is -3.39. The summed E-state index contributed by atoms with van der Waals surface area (Å²) in [6.45, 7) is 1.76. The van der Waals surface area contributed by atoms with E-state index in [4.69, 9.17) is 25.4 Å². The highest BCUT2D eigenvalue weighted by atomic mass is 16.6. The van der Waals surface area contributed by atoms with Crippen molar-refractivity contribution in [2.75, 3.05) is 39.5 Å². The monoisotopic (exact) mass is 520 g/mol. The lowest BCUT2D eigenvalue weighted by molar-refractivity contribution is -0.193. The zero-order valence-electron chi connectivity index (χ0n) is 22.9. The average Bonchev–Trinajstić information content (AvgIpc) is 2.86. The van der Waals surface area contributed by atoms with E-state index in [2.05, 4.69) is 17.6 Å². The minimum absolute atomic E-state index is 0. The Morgan fingerprint density at radius 3 is 1.56 bits per heavy atom. The van der Waals surface area contributed by atoms with Gasteiger partial charge < -0.3 is 31.6 Å². The number of aliphatic hydroxyl groups excluding tert-OH is 2. The van der Waals surface area contributed by atoms with Gasteiger partial charge in [0, 0.05) is 26.1 Å². The smallest absolute Gasteiger partial charge is 0.383 e. The number of rotatable bonds is 26. The maximum Gasteiger partial charge on any atom is 0.383 e.